The largest absolute Gasteiger partial charge is 0.391 e. The summed E-state index contributed by atoms with van der Waals surface area (Å²) in [6, 6.07) is 0. The van der Waals surface area contributed by atoms with Gasteiger partial charge in [0.1, 0.15) is 0 Å². The number of nitrogens with two attached hydrogens (primary N) is 1. The van der Waals surface area contributed by atoms with Gasteiger partial charge in [0.2, 0.25) is 0 Å². The van der Waals surface area contributed by atoms with E-state index in [0.29, 0.717) is 12.5 Å². The van der Waals surface area contributed by atoms with Crippen LogP contribution in [0.1, 0.15) is 34.6 Å². The maximum atomic E-state index is 9.30. The minimum Gasteiger partial charge on any atom is -0.391 e. The third-order valence-corrected chi connectivity index (χ3v) is 2.76. The summed E-state index contributed by atoms with van der Waals surface area (Å²) in [7, 11) is 0. The van der Waals surface area contributed by atoms with Gasteiger partial charge in [-0.25, -0.2) is 0 Å². The minimum atomic E-state index is -0.454. The third-order valence-electron chi connectivity index (χ3n) is 2.76. The summed E-state index contributed by atoms with van der Waals surface area (Å²) in [6.07, 6.45) is -0.624. The van der Waals surface area contributed by atoms with Crippen molar-refractivity contribution in [1.82, 2.24) is 0 Å². The highest BCUT2D eigenvalue weighted by Gasteiger charge is 2.30. The Morgan fingerprint density at radius 2 is 1.77 bits per heavy atom. The van der Waals surface area contributed by atoms with Crippen LogP contribution >= 0.6 is 0 Å². The Morgan fingerprint density at radius 1 is 1.31 bits per heavy atom. The molecule has 0 aromatic carbocycles. The lowest BCUT2D eigenvalue weighted by Gasteiger charge is -2.36. The molecule has 3 heteroatoms. The van der Waals surface area contributed by atoms with Crippen LogP contribution in [0.5, 0.6) is 0 Å². The normalized spacial score (nSPS) is 21.2. The van der Waals surface area contributed by atoms with E-state index in [4.69, 9.17) is 10.5 Å². The highest BCUT2D eigenvalue weighted by Crippen LogP contribution is 2.22. The van der Waals surface area contributed by atoms with Gasteiger partial charge in [0.15, 0.2) is 0 Å². The van der Waals surface area contributed by atoms with Gasteiger partial charge in [-0.15, -0.1) is 0 Å². The molecule has 0 heterocycles. The van der Waals surface area contributed by atoms with Crippen LogP contribution in [-0.4, -0.2) is 29.5 Å². The van der Waals surface area contributed by atoms with Gasteiger partial charge in [-0.3, -0.25) is 0 Å². The van der Waals surface area contributed by atoms with E-state index in [1.165, 1.54) is 0 Å². The molecule has 3 unspecified atom stereocenters. The number of aliphatic hydroxyl groups is 1. The Kier molecular flexibility index (Phi) is 4.89. The molecule has 0 spiro atoms. The highest BCUT2D eigenvalue weighted by molar-refractivity contribution is 4.81. The van der Waals surface area contributed by atoms with E-state index in [9.17, 15) is 5.11 Å². The van der Waals surface area contributed by atoms with Gasteiger partial charge in [-0.05, 0) is 26.7 Å². The van der Waals surface area contributed by atoms with E-state index in [1.807, 2.05) is 13.8 Å². The van der Waals surface area contributed by atoms with E-state index in [-0.39, 0.29) is 11.7 Å². The summed E-state index contributed by atoms with van der Waals surface area (Å²) in [5, 5.41) is 9.30. The summed E-state index contributed by atoms with van der Waals surface area (Å²) in [5.74, 6) is 0.346. The fourth-order valence-electron chi connectivity index (χ4n) is 0.943. The average molecular weight is 189 g/mol. The maximum absolute atomic E-state index is 9.30. The predicted molar refractivity (Wildman–Crippen MR) is 54.5 cm³/mol. The van der Waals surface area contributed by atoms with Crippen molar-refractivity contribution in [3.63, 3.8) is 0 Å². The lowest BCUT2D eigenvalue weighted by Crippen LogP contribution is -2.46. The van der Waals surface area contributed by atoms with Crippen LogP contribution < -0.4 is 5.73 Å². The van der Waals surface area contributed by atoms with Crippen molar-refractivity contribution in [2.45, 2.75) is 52.4 Å². The zero-order chi connectivity index (χ0) is 10.6. The molecular formula is C10H23NO2. The second kappa shape index (κ2) is 4.94. The molecule has 13 heavy (non-hydrogen) atoms. The molecule has 0 radical (unpaired) electrons. The van der Waals surface area contributed by atoms with E-state index in [1.54, 1.807) is 6.92 Å². The highest BCUT2D eigenvalue weighted by atomic mass is 16.5. The van der Waals surface area contributed by atoms with Gasteiger partial charge < -0.3 is 15.6 Å². The number of ether oxygens (including phenoxy) is 1. The van der Waals surface area contributed by atoms with Gasteiger partial charge in [-0.1, -0.05) is 13.8 Å². The van der Waals surface area contributed by atoms with E-state index >= 15 is 0 Å². The first-order valence-electron chi connectivity index (χ1n) is 4.89. The van der Waals surface area contributed by atoms with Crippen molar-refractivity contribution in [3.05, 3.63) is 0 Å². The molecule has 0 aliphatic heterocycles. The van der Waals surface area contributed by atoms with Crippen molar-refractivity contribution in [2.24, 2.45) is 11.7 Å². The molecule has 0 aliphatic carbocycles. The quantitative estimate of drug-likeness (QED) is 0.682. The number of aliphatic hydroxyl groups excluding tert-OH is 1. The topological polar surface area (TPSA) is 55.5 Å². The van der Waals surface area contributed by atoms with Crippen LogP contribution in [0.15, 0.2) is 0 Å². The van der Waals surface area contributed by atoms with Crippen molar-refractivity contribution in [2.75, 3.05) is 6.54 Å². The summed E-state index contributed by atoms with van der Waals surface area (Å²) in [4.78, 5) is 0. The molecule has 0 rings (SSSR count). The molecule has 80 valence electrons. The second-order valence-corrected chi connectivity index (χ2v) is 4.24. The average Bonchev–Trinajstić information content (AvgIpc) is 2.03. The summed E-state index contributed by atoms with van der Waals surface area (Å²) in [6.45, 7) is 10.2. The molecule has 0 bridgehead atoms. The molecule has 0 saturated heterocycles. The van der Waals surface area contributed by atoms with Crippen molar-refractivity contribution in [1.29, 1.82) is 0 Å². The van der Waals surface area contributed by atoms with Crippen LogP contribution in [0.4, 0.5) is 0 Å². The lowest BCUT2D eigenvalue weighted by molar-refractivity contribution is -0.130. The molecule has 0 fully saturated rings. The fourth-order valence-corrected chi connectivity index (χ4v) is 0.943. The smallest absolute Gasteiger partial charge is 0.0811 e. The predicted octanol–water partition coefficient (Wildman–Crippen LogP) is 1.15. The Hall–Kier alpha value is -0.120. The number of hydrogen-bond acceptors (Lipinski definition) is 3. The molecule has 3 N–H and O–H groups in total. The van der Waals surface area contributed by atoms with Crippen molar-refractivity contribution < 1.29 is 9.84 Å². The van der Waals surface area contributed by atoms with Crippen LogP contribution in [0, 0.1) is 5.92 Å². The first-order chi connectivity index (χ1) is 5.83. The molecule has 3 nitrogen and oxygen atoms in total. The monoisotopic (exact) mass is 189 g/mol. The number of rotatable bonds is 5. The molecule has 0 saturated carbocycles. The van der Waals surface area contributed by atoms with E-state index < -0.39 is 6.10 Å². The van der Waals surface area contributed by atoms with Crippen molar-refractivity contribution >= 4 is 0 Å². The maximum Gasteiger partial charge on any atom is 0.0811 e. The van der Waals surface area contributed by atoms with Crippen molar-refractivity contribution in [3.8, 4) is 0 Å². The first-order valence-corrected chi connectivity index (χ1v) is 4.89. The zero-order valence-corrected chi connectivity index (χ0v) is 9.37. The Bertz CT molecular complexity index is 148. The summed E-state index contributed by atoms with van der Waals surface area (Å²) >= 11 is 0. The van der Waals surface area contributed by atoms with Gasteiger partial charge in [-0.2, -0.15) is 0 Å². The van der Waals surface area contributed by atoms with E-state index in [0.717, 1.165) is 0 Å². The Morgan fingerprint density at radius 3 is 2.00 bits per heavy atom. The molecule has 0 aliphatic rings. The van der Waals surface area contributed by atoms with Gasteiger partial charge in [0.25, 0.3) is 0 Å². The molecule has 0 aromatic rings. The zero-order valence-electron chi connectivity index (χ0n) is 9.37. The van der Waals surface area contributed by atoms with Gasteiger partial charge in [0, 0.05) is 6.54 Å². The van der Waals surface area contributed by atoms with Gasteiger partial charge in [0.05, 0.1) is 17.8 Å². The Balaban J connectivity index is 4.27. The summed E-state index contributed by atoms with van der Waals surface area (Å²) < 4.78 is 5.73. The summed E-state index contributed by atoms with van der Waals surface area (Å²) in [5.41, 5.74) is 5.31. The molecule has 0 amide bonds. The van der Waals surface area contributed by atoms with Crippen LogP contribution in [0.3, 0.4) is 0 Å². The third kappa shape index (κ3) is 3.63. The SMILES string of the molecule is CC(O)C(C)OC(C)(CN)C(C)C. The van der Waals surface area contributed by atoms with Gasteiger partial charge >= 0.3 is 0 Å². The number of hydrogen-bond donors (Lipinski definition) is 2. The first kappa shape index (κ1) is 12.9. The lowest BCUT2D eigenvalue weighted by atomic mass is 9.92. The standard InChI is InChI=1S/C10H23NO2/c1-7(2)10(5,6-11)13-9(4)8(3)12/h7-9,12H,6,11H2,1-5H3. The molecular weight excluding hydrogens is 166 g/mol. The fraction of sp³-hybridized carbons (Fsp3) is 1.00. The van der Waals surface area contributed by atoms with Crippen LogP contribution in [0.25, 0.3) is 0 Å². The van der Waals surface area contributed by atoms with Crippen LogP contribution in [-0.2, 0) is 4.74 Å². The second-order valence-electron chi connectivity index (χ2n) is 4.24. The molecule has 3 atom stereocenters. The minimum absolute atomic E-state index is 0.170. The van der Waals surface area contributed by atoms with E-state index in [2.05, 4.69) is 13.8 Å². The van der Waals surface area contributed by atoms with Crippen LogP contribution in [0.2, 0.25) is 0 Å². The molecule has 0 aromatic heterocycles. The Labute approximate surface area is 81.3 Å².